The van der Waals surface area contributed by atoms with Crippen LogP contribution in [0.1, 0.15) is 65.2 Å². The first-order chi connectivity index (χ1) is 10.6. The highest BCUT2D eigenvalue weighted by Crippen LogP contribution is 2.07. The second-order valence-electron chi connectivity index (χ2n) is 5.82. The Balaban J connectivity index is 4.22. The van der Waals surface area contributed by atoms with Gasteiger partial charge in [0.2, 0.25) is 0 Å². The van der Waals surface area contributed by atoms with Crippen LogP contribution in [-0.4, -0.2) is 46.5 Å². The van der Waals surface area contributed by atoms with Crippen LogP contribution in [0.25, 0.3) is 0 Å². The molecule has 0 fully saturated rings. The lowest BCUT2D eigenvalue weighted by Crippen LogP contribution is -2.31. The van der Waals surface area contributed by atoms with Crippen molar-refractivity contribution in [2.24, 2.45) is 0 Å². The van der Waals surface area contributed by atoms with Crippen molar-refractivity contribution in [2.75, 3.05) is 26.2 Å². The largest absolute Gasteiger partial charge is 0.511 e. The van der Waals surface area contributed by atoms with Gasteiger partial charge in [0.1, 0.15) is 11.5 Å². The predicted molar refractivity (Wildman–Crippen MR) is 93.2 cm³/mol. The zero-order valence-electron chi connectivity index (χ0n) is 14.4. The first-order valence-corrected chi connectivity index (χ1v) is 8.73. The topological polar surface area (TPSA) is 63.9 Å². The quantitative estimate of drug-likeness (QED) is 0.330. The third-order valence-corrected chi connectivity index (χ3v) is 3.56. The Labute approximate surface area is 136 Å². The van der Waals surface area contributed by atoms with Crippen molar-refractivity contribution in [3.63, 3.8) is 0 Å². The van der Waals surface area contributed by atoms with Gasteiger partial charge in [-0.1, -0.05) is 39.5 Å². The molecule has 0 aromatic rings. The zero-order chi connectivity index (χ0) is 16.6. The molecule has 22 heavy (non-hydrogen) atoms. The normalized spacial score (nSPS) is 13.1. The highest BCUT2D eigenvalue weighted by Gasteiger charge is 2.08. The molecule has 0 atom stereocenters. The molecule has 4 heteroatoms. The van der Waals surface area contributed by atoms with Crippen molar-refractivity contribution in [3.05, 3.63) is 23.7 Å². The van der Waals surface area contributed by atoms with Crippen LogP contribution in [0.2, 0.25) is 0 Å². The van der Waals surface area contributed by atoms with Crippen LogP contribution in [0.3, 0.4) is 0 Å². The maximum Gasteiger partial charge on any atom is 0.102 e. The summed E-state index contributed by atoms with van der Waals surface area (Å²) < 4.78 is 0. The summed E-state index contributed by atoms with van der Waals surface area (Å²) in [5.74, 6) is 0.645. The van der Waals surface area contributed by atoms with Crippen molar-refractivity contribution in [1.29, 1.82) is 0 Å². The highest BCUT2D eigenvalue weighted by atomic mass is 16.3. The molecule has 0 saturated heterocycles. The lowest BCUT2D eigenvalue weighted by atomic mass is 10.2. The Bertz CT molecular complexity index is 285. The summed E-state index contributed by atoms with van der Waals surface area (Å²) in [6.07, 6.45) is 12.3. The molecule has 0 amide bonds. The average molecular weight is 313 g/mol. The van der Waals surface area contributed by atoms with Crippen LogP contribution in [0.15, 0.2) is 23.7 Å². The maximum atomic E-state index is 9.94. The van der Waals surface area contributed by atoms with Crippen LogP contribution < -0.4 is 0 Å². The summed E-state index contributed by atoms with van der Waals surface area (Å²) in [5.41, 5.74) is 0. The highest BCUT2D eigenvalue weighted by molar-refractivity contribution is 4.98. The van der Waals surface area contributed by atoms with E-state index in [2.05, 4.69) is 13.8 Å². The molecule has 0 heterocycles. The lowest BCUT2D eigenvalue weighted by molar-refractivity contribution is 0.182. The summed E-state index contributed by atoms with van der Waals surface area (Å²) in [6, 6.07) is 0. The fraction of sp³-hybridized carbons (Fsp3) is 0.778. The molecule has 0 radical (unpaired) electrons. The fourth-order valence-electron chi connectivity index (χ4n) is 2.27. The van der Waals surface area contributed by atoms with Gasteiger partial charge in [-0.25, -0.2) is 0 Å². The summed E-state index contributed by atoms with van der Waals surface area (Å²) in [5, 5.41) is 29.0. The fourth-order valence-corrected chi connectivity index (χ4v) is 2.27. The van der Waals surface area contributed by atoms with Crippen molar-refractivity contribution < 1.29 is 15.3 Å². The monoisotopic (exact) mass is 313 g/mol. The van der Waals surface area contributed by atoms with Crippen LogP contribution in [0.4, 0.5) is 0 Å². The van der Waals surface area contributed by atoms with E-state index in [1.54, 1.807) is 0 Å². The molecule has 0 aromatic heterocycles. The smallest absolute Gasteiger partial charge is 0.102 e. The van der Waals surface area contributed by atoms with Crippen LogP contribution >= 0.6 is 0 Å². The van der Waals surface area contributed by atoms with E-state index in [4.69, 9.17) is 5.11 Å². The first kappa shape index (κ1) is 21.0. The second-order valence-corrected chi connectivity index (χ2v) is 5.82. The van der Waals surface area contributed by atoms with Gasteiger partial charge in [0.15, 0.2) is 0 Å². The second kappa shape index (κ2) is 14.9. The van der Waals surface area contributed by atoms with Gasteiger partial charge in [0.05, 0.1) is 19.7 Å². The number of nitrogens with zero attached hydrogens (tertiary/aromatic N) is 1. The molecule has 130 valence electrons. The molecule has 3 N–H and O–H groups in total. The minimum atomic E-state index is 0.0201. The molecule has 0 aromatic carbocycles. The number of allylic oxidation sites excluding steroid dienone is 2. The zero-order valence-corrected chi connectivity index (χ0v) is 14.4. The predicted octanol–water partition coefficient (Wildman–Crippen LogP) is 4.33. The van der Waals surface area contributed by atoms with E-state index in [1.165, 1.54) is 25.7 Å². The lowest BCUT2D eigenvalue weighted by Gasteiger charge is -2.20. The van der Waals surface area contributed by atoms with Crippen LogP contribution in [0.5, 0.6) is 0 Å². The van der Waals surface area contributed by atoms with Crippen molar-refractivity contribution in [2.45, 2.75) is 65.2 Å². The van der Waals surface area contributed by atoms with E-state index >= 15 is 0 Å². The summed E-state index contributed by atoms with van der Waals surface area (Å²) >= 11 is 0. The third-order valence-electron chi connectivity index (χ3n) is 3.56. The molecule has 4 nitrogen and oxygen atoms in total. The molecule has 0 aliphatic carbocycles. The van der Waals surface area contributed by atoms with Crippen LogP contribution in [0, 0.1) is 0 Å². The van der Waals surface area contributed by atoms with Gasteiger partial charge in [-0.15, -0.1) is 0 Å². The van der Waals surface area contributed by atoms with Gasteiger partial charge < -0.3 is 15.3 Å². The molecule has 0 aliphatic heterocycles. The molecule has 0 bridgehead atoms. The number of hydrogen-bond acceptors (Lipinski definition) is 4. The minimum absolute atomic E-state index is 0.0201. The number of aliphatic hydroxyl groups excluding tert-OH is 3. The Morgan fingerprint density at radius 2 is 1.27 bits per heavy atom. The molecule has 0 saturated carbocycles. The van der Waals surface area contributed by atoms with E-state index in [0.717, 1.165) is 25.7 Å². The Morgan fingerprint density at radius 1 is 0.818 bits per heavy atom. The first-order valence-electron chi connectivity index (χ1n) is 8.73. The molecule has 0 unspecified atom stereocenters. The summed E-state index contributed by atoms with van der Waals surface area (Å²) in [7, 11) is 0. The molecular weight excluding hydrogens is 278 g/mol. The number of unbranched alkanes of at least 4 members (excludes halogenated alkanes) is 6. The molecule has 0 rings (SSSR count). The van der Waals surface area contributed by atoms with Gasteiger partial charge in [0.25, 0.3) is 0 Å². The average Bonchev–Trinajstić information content (AvgIpc) is 2.48. The molecule has 0 spiro atoms. The van der Waals surface area contributed by atoms with Gasteiger partial charge in [-0.3, -0.25) is 4.90 Å². The van der Waals surface area contributed by atoms with Crippen LogP contribution in [-0.2, 0) is 0 Å². The van der Waals surface area contributed by atoms with Crippen molar-refractivity contribution in [3.8, 4) is 0 Å². The Kier molecular flexibility index (Phi) is 14.2. The number of rotatable bonds is 14. The SMILES string of the molecule is CCCCC/C=C(\O)CN(CCO)C/C(O)=C/CCCCC. The van der Waals surface area contributed by atoms with E-state index in [9.17, 15) is 10.2 Å². The van der Waals surface area contributed by atoms with Gasteiger partial charge >= 0.3 is 0 Å². The number of aliphatic hydroxyl groups is 3. The van der Waals surface area contributed by atoms with E-state index in [1.807, 2.05) is 17.1 Å². The standard InChI is InChI=1S/C18H35NO3/c1-3-5-7-9-11-17(21)15-19(13-14-20)16-18(22)12-10-8-6-4-2/h11-12,20-22H,3-10,13-16H2,1-2H3/b17-11-,18-12-. The Hall–Kier alpha value is -1.00. The Morgan fingerprint density at radius 3 is 1.64 bits per heavy atom. The van der Waals surface area contributed by atoms with Gasteiger partial charge in [-0.05, 0) is 37.8 Å². The minimum Gasteiger partial charge on any atom is -0.511 e. The summed E-state index contributed by atoms with van der Waals surface area (Å²) in [4.78, 5) is 1.86. The van der Waals surface area contributed by atoms with Gasteiger partial charge in [0, 0.05) is 6.54 Å². The van der Waals surface area contributed by atoms with E-state index in [-0.39, 0.29) is 6.61 Å². The third kappa shape index (κ3) is 12.7. The maximum absolute atomic E-state index is 9.94. The summed E-state index contributed by atoms with van der Waals surface area (Å²) in [6.45, 7) is 5.52. The molecular formula is C18H35NO3. The number of hydrogen-bond donors (Lipinski definition) is 3. The van der Waals surface area contributed by atoms with E-state index < -0.39 is 0 Å². The van der Waals surface area contributed by atoms with Crippen molar-refractivity contribution in [1.82, 2.24) is 4.90 Å². The molecule has 0 aliphatic rings. The van der Waals surface area contributed by atoms with E-state index in [0.29, 0.717) is 31.2 Å². The van der Waals surface area contributed by atoms with Crippen molar-refractivity contribution >= 4 is 0 Å². The van der Waals surface area contributed by atoms with Gasteiger partial charge in [-0.2, -0.15) is 0 Å².